The normalized spacial score (nSPS) is 30.4. The molecule has 1 saturated heterocycles. The highest BCUT2D eigenvalue weighted by Gasteiger charge is 2.61. The van der Waals surface area contributed by atoms with E-state index in [0.29, 0.717) is 19.3 Å². The molecule has 2 saturated carbocycles. The second-order valence-electron chi connectivity index (χ2n) is 13.1. The van der Waals surface area contributed by atoms with Crippen molar-refractivity contribution in [3.8, 4) is 0 Å². The van der Waals surface area contributed by atoms with Gasteiger partial charge in [-0.1, -0.05) is 74.3 Å². The van der Waals surface area contributed by atoms with Crippen molar-refractivity contribution in [2.45, 2.75) is 114 Å². The number of aliphatic carboxylic acids is 1. The Balaban J connectivity index is 1.39. The number of carboxylic acid groups (broad SMARTS) is 1. The summed E-state index contributed by atoms with van der Waals surface area (Å²) < 4.78 is 5.61. The van der Waals surface area contributed by atoms with Crippen molar-refractivity contribution in [2.24, 2.45) is 17.0 Å². The topological polar surface area (TPSA) is 147 Å². The molecule has 0 bridgehead atoms. The number of nitrogens with one attached hydrogen (secondary N) is 2. The standard InChI is InChI=1S/C34H46N4O7/c1-22(2)29(23-13-7-6-8-14-23)37-45-26-19-28-30(39)36-34(32(41)42)20-24(34)15-9-4-3-5-10-18-27(31(40)38(28)21-26)35-33(43)44-25-16-11-12-17-25/h6-9,13-15,22,24-28H,3-5,10-12,16-21H2,1-2H3,(H,35,43)(H,36,39)(H,41,42)/b15-9-,37-29+/t24-,26-,27+,28+,34?/m1/s1. The molecule has 3 N–H and O–H groups in total. The lowest BCUT2D eigenvalue weighted by atomic mass is 10.0. The van der Waals surface area contributed by atoms with E-state index >= 15 is 0 Å². The number of hydrogen-bond donors (Lipinski definition) is 3. The lowest BCUT2D eigenvalue weighted by molar-refractivity contribution is -0.145. The lowest BCUT2D eigenvalue weighted by Crippen LogP contribution is -2.56. The lowest BCUT2D eigenvalue weighted by Gasteiger charge is -2.29. The van der Waals surface area contributed by atoms with Gasteiger partial charge in [0.2, 0.25) is 11.8 Å². The van der Waals surface area contributed by atoms with E-state index in [-0.39, 0.29) is 30.9 Å². The number of allylic oxidation sites excluding steroid dienone is 1. The maximum atomic E-state index is 14.2. The fraction of sp³-hybridized carbons (Fsp3) is 0.618. The number of carbonyl (C=O) groups excluding carboxylic acids is 3. The monoisotopic (exact) mass is 622 g/mol. The van der Waals surface area contributed by atoms with E-state index in [1.165, 1.54) is 4.90 Å². The van der Waals surface area contributed by atoms with Crippen molar-refractivity contribution in [1.29, 1.82) is 0 Å². The summed E-state index contributed by atoms with van der Waals surface area (Å²) in [5.74, 6) is -2.32. The first kappa shape index (κ1) is 32.5. The van der Waals surface area contributed by atoms with Gasteiger partial charge >= 0.3 is 12.1 Å². The number of alkyl carbamates (subject to hydrolysis) is 1. The molecule has 2 aliphatic carbocycles. The Hall–Kier alpha value is -3.89. The molecule has 4 aliphatic rings. The first-order valence-corrected chi connectivity index (χ1v) is 16.5. The second-order valence-corrected chi connectivity index (χ2v) is 13.1. The molecule has 5 rings (SSSR count). The highest BCUT2D eigenvalue weighted by atomic mass is 16.6. The van der Waals surface area contributed by atoms with E-state index in [2.05, 4.69) is 15.8 Å². The van der Waals surface area contributed by atoms with Crippen LogP contribution in [-0.2, 0) is 24.0 Å². The molecule has 1 aromatic carbocycles. The average Bonchev–Trinajstić information content (AvgIpc) is 3.31. The third kappa shape index (κ3) is 7.86. The van der Waals surface area contributed by atoms with Crippen LogP contribution < -0.4 is 10.6 Å². The van der Waals surface area contributed by atoms with Crippen LogP contribution in [0.5, 0.6) is 0 Å². The van der Waals surface area contributed by atoms with E-state index in [9.17, 15) is 24.3 Å². The van der Waals surface area contributed by atoms with E-state index in [0.717, 1.165) is 56.2 Å². The number of oxime groups is 1. The molecule has 0 aromatic heterocycles. The molecule has 5 atom stereocenters. The summed E-state index contributed by atoms with van der Waals surface area (Å²) in [5, 5.41) is 20.1. The molecule has 2 heterocycles. The minimum atomic E-state index is -1.40. The van der Waals surface area contributed by atoms with Crippen molar-refractivity contribution in [2.75, 3.05) is 6.54 Å². The van der Waals surface area contributed by atoms with Gasteiger partial charge in [0.1, 0.15) is 29.8 Å². The Labute approximate surface area is 264 Å². The van der Waals surface area contributed by atoms with Crippen LogP contribution in [0, 0.1) is 11.8 Å². The number of hydrogen-bond acceptors (Lipinski definition) is 7. The van der Waals surface area contributed by atoms with Crippen LogP contribution in [0.1, 0.15) is 90.0 Å². The van der Waals surface area contributed by atoms with Gasteiger partial charge in [-0.3, -0.25) is 9.59 Å². The van der Waals surface area contributed by atoms with Gasteiger partial charge in [0, 0.05) is 12.3 Å². The number of nitrogens with zero attached hydrogens (tertiary/aromatic N) is 2. The van der Waals surface area contributed by atoms with E-state index in [1.54, 1.807) is 0 Å². The molecule has 1 aromatic rings. The maximum Gasteiger partial charge on any atom is 0.408 e. The van der Waals surface area contributed by atoms with E-state index < -0.39 is 47.6 Å². The predicted molar refractivity (Wildman–Crippen MR) is 167 cm³/mol. The summed E-state index contributed by atoms with van der Waals surface area (Å²) in [6.07, 6.45) is 10.1. The third-order valence-electron chi connectivity index (χ3n) is 9.41. The number of carboxylic acids is 1. The Morgan fingerprint density at radius 1 is 1.04 bits per heavy atom. The summed E-state index contributed by atoms with van der Waals surface area (Å²) in [6, 6.07) is 7.79. The molecular formula is C34H46N4O7. The average molecular weight is 623 g/mol. The first-order valence-electron chi connectivity index (χ1n) is 16.5. The van der Waals surface area contributed by atoms with Crippen molar-refractivity contribution in [3.63, 3.8) is 0 Å². The molecule has 1 unspecified atom stereocenters. The third-order valence-corrected chi connectivity index (χ3v) is 9.41. The molecular weight excluding hydrogens is 576 g/mol. The van der Waals surface area contributed by atoms with Gasteiger partial charge in [-0.05, 0) is 62.8 Å². The zero-order chi connectivity index (χ0) is 32.0. The molecule has 45 heavy (non-hydrogen) atoms. The van der Waals surface area contributed by atoms with Crippen LogP contribution in [0.15, 0.2) is 47.6 Å². The SMILES string of the molecule is CC(C)/C(=N\O[C@@H]1C[C@H]2C(=O)NC3(C(=O)O)C[C@H]3/C=C\CCCCC[C@H](NC(=O)OC3CCCC3)C(=O)N2C1)c1ccccc1. The Morgan fingerprint density at radius 2 is 1.78 bits per heavy atom. The fourth-order valence-electron chi connectivity index (χ4n) is 6.70. The van der Waals surface area contributed by atoms with Crippen molar-refractivity contribution in [3.05, 3.63) is 48.0 Å². The van der Waals surface area contributed by atoms with Crippen LogP contribution >= 0.6 is 0 Å². The van der Waals surface area contributed by atoms with Gasteiger partial charge < -0.3 is 30.2 Å². The zero-order valence-electron chi connectivity index (χ0n) is 26.3. The van der Waals surface area contributed by atoms with Crippen molar-refractivity contribution >= 4 is 29.6 Å². The van der Waals surface area contributed by atoms with Gasteiger partial charge in [0.05, 0.1) is 12.3 Å². The van der Waals surface area contributed by atoms with E-state index in [4.69, 9.17) is 9.57 Å². The van der Waals surface area contributed by atoms with Crippen LogP contribution in [0.2, 0.25) is 0 Å². The van der Waals surface area contributed by atoms with Gasteiger partial charge in [-0.15, -0.1) is 0 Å². The largest absolute Gasteiger partial charge is 0.479 e. The summed E-state index contributed by atoms with van der Waals surface area (Å²) >= 11 is 0. The number of benzene rings is 1. The predicted octanol–water partition coefficient (Wildman–Crippen LogP) is 4.55. The Morgan fingerprint density at radius 3 is 2.49 bits per heavy atom. The molecule has 0 spiro atoms. The molecule has 2 aliphatic heterocycles. The number of rotatable bonds is 7. The Kier molecular flexibility index (Phi) is 10.5. The highest BCUT2D eigenvalue weighted by Crippen LogP contribution is 2.45. The molecule has 244 valence electrons. The van der Waals surface area contributed by atoms with Crippen molar-refractivity contribution < 1.29 is 33.9 Å². The molecule has 11 nitrogen and oxygen atoms in total. The molecule has 3 fully saturated rings. The number of ether oxygens (including phenoxy) is 1. The minimum Gasteiger partial charge on any atom is -0.479 e. The quantitative estimate of drug-likeness (QED) is 0.230. The van der Waals surface area contributed by atoms with Gasteiger partial charge in [0.15, 0.2) is 0 Å². The summed E-state index contributed by atoms with van der Waals surface area (Å²) in [5.41, 5.74) is 0.248. The molecule has 0 radical (unpaired) electrons. The first-order chi connectivity index (χ1) is 21.7. The summed E-state index contributed by atoms with van der Waals surface area (Å²) in [6.45, 7) is 4.09. The second kappa shape index (κ2) is 14.5. The zero-order valence-corrected chi connectivity index (χ0v) is 26.3. The van der Waals surface area contributed by atoms with E-state index in [1.807, 2.05) is 56.3 Å². The smallest absolute Gasteiger partial charge is 0.408 e. The number of fused-ring (bicyclic) bond motifs is 2. The highest BCUT2D eigenvalue weighted by molar-refractivity contribution is 6.01. The van der Waals surface area contributed by atoms with Crippen LogP contribution in [0.4, 0.5) is 4.79 Å². The summed E-state index contributed by atoms with van der Waals surface area (Å²) in [4.78, 5) is 60.6. The number of amides is 3. The van der Waals surface area contributed by atoms with Gasteiger partial charge in [-0.25, -0.2) is 9.59 Å². The van der Waals surface area contributed by atoms with Crippen molar-refractivity contribution in [1.82, 2.24) is 15.5 Å². The fourth-order valence-corrected chi connectivity index (χ4v) is 6.70. The minimum absolute atomic E-state index is 0.0546. The van der Waals surface area contributed by atoms with Crippen LogP contribution in [-0.4, -0.2) is 76.0 Å². The Bertz CT molecular complexity index is 1290. The summed E-state index contributed by atoms with van der Waals surface area (Å²) in [7, 11) is 0. The van der Waals surface area contributed by atoms with Crippen LogP contribution in [0.3, 0.4) is 0 Å². The molecule has 3 amide bonds. The maximum absolute atomic E-state index is 14.2. The van der Waals surface area contributed by atoms with Gasteiger partial charge in [-0.2, -0.15) is 0 Å². The van der Waals surface area contributed by atoms with Gasteiger partial charge in [0.25, 0.3) is 0 Å². The van der Waals surface area contributed by atoms with Crippen LogP contribution in [0.25, 0.3) is 0 Å². The number of carbonyl (C=O) groups is 4. The molecule has 11 heteroatoms.